The zero-order valence-corrected chi connectivity index (χ0v) is 19.9. The third-order valence-corrected chi connectivity index (χ3v) is 6.07. The third kappa shape index (κ3) is 6.35. The van der Waals surface area contributed by atoms with Gasteiger partial charge in [0.15, 0.2) is 0 Å². The highest BCUT2D eigenvalue weighted by atomic mass is 16.5. The normalized spacial score (nSPS) is 15.3. The summed E-state index contributed by atoms with van der Waals surface area (Å²) < 4.78 is 11.5. The molecule has 4 rings (SSSR count). The van der Waals surface area contributed by atoms with Crippen LogP contribution in [0.2, 0.25) is 0 Å². The van der Waals surface area contributed by atoms with Crippen LogP contribution in [0.4, 0.5) is 0 Å². The zero-order chi connectivity index (χ0) is 23.9. The molecule has 6 heteroatoms. The van der Waals surface area contributed by atoms with Crippen molar-refractivity contribution < 1.29 is 18.7 Å². The Balaban J connectivity index is 1.54. The molecule has 1 aliphatic rings. The number of benzene rings is 2. The maximum atomic E-state index is 13.6. The first-order chi connectivity index (χ1) is 16.5. The van der Waals surface area contributed by atoms with Gasteiger partial charge in [-0.2, -0.15) is 0 Å². The van der Waals surface area contributed by atoms with Crippen molar-refractivity contribution in [1.82, 2.24) is 9.80 Å². The molecule has 2 amide bonds. The molecule has 0 aliphatic carbocycles. The highest BCUT2D eigenvalue weighted by Crippen LogP contribution is 2.18. The van der Waals surface area contributed by atoms with Crippen LogP contribution in [0, 0.1) is 13.8 Å². The van der Waals surface area contributed by atoms with E-state index < -0.39 is 0 Å². The van der Waals surface area contributed by atoms with Crippen LogP contribution < -0.4 is 0 Å². The molecule has 1 aliphatic heterocycles. The van der Waals surface area contributed by atoms with Crippen molar-refractivity contribution >= 4 is 11.8 Å². The maximum absolute atomic E-state index is 13.6. The van der Waals surface area contributed by atoms with Crippen LogP contribution in [0.25, 0.3) is 0 Å². The van der Waals surface area contributed by atoms with Crippen molar-refractivity contribution in [2.24, 2.45) is 0 Å². The molecule has 3 aromatic rings. The van der Waals surface area contributed by atoms with Crippen molar-refractivity contribution in [3.05, 3.63) is 94.9 Å². The van der Waals surface area contributed by atoms with Crippen LogP contribution in [0.1, 0.15) is 45.8 Å². The first-order valence-electron chi connectivity index (χ1n) is 11.8. The molecule has 0 radical (unpaired) electrons. The van der Waals surface area contributed by atoms with Crippen molar-refractivity contribution in [1.29, 1.82) is 0 Å². The summed E-state index contributed by atoms with van der Waals surface area (Å²) in [4.78, 5) is 30.4. The van der Waals surface area contributed by atoms with Gasteiger partial charge in [0.2, 0.25) is 5.91 Å². The SMILES string of the molecule is Cc1ccc(C(=O)N(CC(=O)N(Cc2ccccc2)Cc2ccc(C)o2)CC2CCCO2)cc1. The van der Waals surface area contributed by atoms with E-state index in [4.69, 9.17) is 9.15 Å². The number of nitrogens with zero attached hydrogens (tertiary/aromatic N) is 2. The molecule has 1 atom stereocenters. The summed E-state index contributed by atoms with van der Waals surface area (Å²) in [5.74, 6) is 1.24. The number of aryl methyl sites for hydroxylation is 2. The highest BCUT2D eigenvalue weighted by molar-refractivity contribution is 5.96. The average Bonchev–Trinajstić information content (AvgIpc) is 3.50. The van der Waals surface area contributed by atoms with E-state index in [0.29, 0.717) is 31.8 Å². The Kier molecular flexibility index (Phi) is 7.80. The number of rotatable bonds is 9. The first-order valence-corrected chi connectivity index (χ1v) is 11.8. The van der Waals surface area contributed by atoms with Gasteiger partial charge < -0.3 is 19.0 Å². The molecule has 1 aromatic heterocycles. The molecule has 1 fully saturated rings. The van der Waals surface area contributed by atoms with Crippen molar-refractivity contribution in [2.75, 3.05) is 19.7 Å². The van der Waals surface area contributed by atoms with Crippen LogP contribution in [0.5, 0.6) is 0 Å². The number of carbonyl (C=O) groups is 2. The Labute approximate surface area is 201 Å². The van der Waals surface area contributed by atoms with Gasteiger partial charge >= 0.3 is 0 Å². The van der Waals surface area contributed by atoms with Gasteiger partial charge in [-0.3, -0.25) is 9.59 Å². The lowest BCUT2D eigenvalue weighted by Crippen LogP contribution is -2.45. The summed E-state index contributed by atoms with van der Waals surface area (Å²) in [6.45, 7) is 5.73. The van der Waals surface area contributed by atoms with Crippen molar-refractivity contribution in [3.8, 4) is 0 Å². The molecular formula is C28H32N2O4. The van der Waals surface area contributed by atoms with E-state index in [1.54, 1.807) is 9.80 Å². The Bertz CT molecular complexity index is 1090. The van der Waals surface area contributed by atoms with Crippen LogP contribution in [0.15, 0.2) is 71.1 Å². The van der Waals surface area contributed by atoms with Crippen LogP contribution in [-0.2, 0) is 22.6 Å². The zero-order valence-electron chi connectivity index (χ0n) is 19.9. The predicted molar refractivity (Wildman–Crippen MR) is 130 cm³/mol. The summed E-state index contributed by atoms with van der Waals surface area (Å²) in [7, 11) is 0. The van der Waals surface area contributed by atoms with Gasteiger partial charge in [0.1, 0.15) is 18.1 Å². The third-order valence-electron chi connectivity index (χ3n) is 6.07. The van der Waals surface area contributed by atoms with Crippen LogP contribution in [-0.4, -0.2) is 47.4 Å². The van der Waals surface area contributed by atoms with Gasteiger partial charge in [-0.05, 0) is 56.5 Å². The molecule has 2 heterocycles. The lowest BCUT2D eigenvalue weighted by molar-refractivity contribution is -0.133. The summed E-state index contributed by atoms with van der Waals surface area (Å²) >= 11 is 0. The molecule has 0 N–H and O–H groups in total. The number of amides is 2. The maximum Gasteiger partial charge on any atom is 0.254 e. The smallest absolute Gasteiger partial charge is 0.254 e. The van der Waals surface area contributed by atoms with E-state index in [0.717, 1.165) is 35.5 Å². The average molecular weight is 461 g/mol. The fraction of sp³-hybridized carbons (Fsp3) is 0.357. The van der Waals surface area contributed by atoms with E-state index in [9.17, 15) is 9.59 Å². The standard InChI is InChI=1S/C28H32N2O4/c1-21-10-13-24(14-11-21)28(32)30(18-25-9-6-16-33-25)20-27(31)29(17-23-7-4-3-5-8-23)19-26-15-12-22(2)34-26/h3-5,7-8,10-15,25H,6,9,16-20H2,1-2H3. The minimum Gasteiger partial charge on any atom is -0.464 e. The van der Waals surface area contributed by atoms with E-state index in [1.807, 2.05) is 80.6 Å². The molecule has 34 heavy (non-hydrogen) atoms. The van der Waals surface area contributed by atoms with Crippen molar-refractivity contribution in [2.45, 2.75) is 45.9 Å². The van der Waals surface area contributed by atoms with Gasteiger partial charge in [-0.1, -0.05) is 48.0 Å². The molecular weight excluding hydrogens is 428 g/mol. The molecule has 0 bridgehead atoms. The molecule has 2 aromatic carbocycles. The molecule has 1 saturated heterocycles. The van der Waals surface area contributed by atoms with Crippen LogP contribution in [0.3, 0.4) is 0 Å². The predicted octanol–water partition coefficient (Wildman–Crippen LogP) is 4.75. The van der Waals surface area contributed by atoms with E-state index in [2.05, 4.69) is 0 Å². The largest absolute Gasteiger partial charge is 0.464 e. The van der Waals surface area contributed by atoms with Gasteiger partial charge in [0.05, 0.1) is 12.6 Å². The molecule has 0 saturated carbocycles. The van der Waals surface area contributed by atoms with Crippen LogP contribution >= 0.6 is 0 Å². The van der Waals surface area contributed by atoms with Crippen molar-refractivity contribution in [3.63, 3.8) is 0 Å². The van der Waals surface area contributed by atoms with E-state index in [-0.39, 0.29) is 24.5 Å². The van der Waals surface area contributed by atoms with E-state index in [1.165, 1.54) is 0 Å². The summed E-state index contributed by atoms with van der Waals surface area (Å²) in [6.07, 6.45) is 1.83. The van der Waals surface area contributed by atoms with Gasteiger partial charge in [-0.15, -0.1) is 0 Å². The molecule has 0 spiro atoms. The lowest BCUT2D eigenvalue weighted by Gasteiger charge is -2.29. The Morgan fingerprint density at radius 2 is 1.68 bits per heavy atom. The second kappa shape index (κ2) is 11.2. The topological polar surface area (TPSA) is 63.0 Å². The minimum absolute atomic E-state index is 0.0148. The molecule has 178 valence electrons. The number of ether oxygens (including phenoxy) is 1. The first kappa shape index (κ1) is 23.8. The fourth-order valence-electron chi connectivity index (χ4n) is 4.19. The number of hydrogen-bond donors (Lipinski definition) is 0. The van der Waals surface area contributed by atoms with Gasteiger partial charge in [0.25, 0.3) is 5.91 Å². The number of carbonyl (C=O) groups excluding carboxylic acids is 2. The Morgan fingerprint density at radius 1 is 0.912 bits per heavy atom. The lowest BCUT2D eigenvalue weighted by atomic mass is 10.1. The summed E-state index contributed by atoms with van der Waals surface area (Å²) in [5, 5.41) is 0. The second-order valence-corrected chi connectivity index (χ2v) is 8.93. The Morgan fingerprint density at radius 3 is 2.32 bits per heavy atom. The fourth-order valence-corrected chi connectivity index (χ4v) is 4.19. The summed E-state index contributed by atoms with van der Waals surface area (Å²) in [6, 6.07) is 21.1. The number of hydrogen-bond acceptors (Lipinski definition) is 4. The highest BCUT2D eigenvalue weighted by Gasteiger charge is 2.27. The quantitative estimate of drug-likeness (QED) is 0.462. The minimum atomic E-state index is -0.155. The molecule has 6 nitrogen and oxygen atoms in total. The Hall–Kier alpha value is -3.38. The van der Waals surface area contributed by atoms with Gasteiger partial charge in [-0.25, -0.2) is 0 Å². The van der Waals surface area contributed by atoms with Gasteiger partial charge in [0, 0.05) is 25.3 Å². The van der Waals surface area contributed by atoms with E-state index >= 15 is 0 Å². The molecule has 1 unspecified atom stereocenters. The number of furan rings is 1. The summed E-state index contributed by atoms with van der Waals surface area (Å²) in [5.41, 5.74) is 2.68. The second-order valence-electron chi connectivity index (χ2n) is 8.93. The monoisotopic (exact) mass is 460 g/mol.